The Labute approximate surface area is 154 Å². The first-order valence-corrected chi connectivity index (χ1v) is 8.13. The molecule has 0 fully saturated rings. The van der Waals surface area contributed by atoms with Crippen molar-refractivity contribution in [1.82, 2.24) is 10.2 Å². The van der Waals surface area contributed by atoms with Crippen LogP contribution < -0.4 is 10.5 Å². The van der Waals surface area contributed by atoms with E-state index in [4.69, 9.17) is 22.1 Å². The molecule has 3 N–H and O–H groups in total. The Bertz CT molecular complexity index is 981. The number of nitrogens with one attached hydrogen (secondary N) is 1. The lowest BCUT2D eigenvalue weighted by Gasteiger charge is -2.27. The first-order chi connectivity index (χ1) is 12.1. The summed E-state index contributed by atoms with van der Waals surface area (Å²) in [7, 11) is 0. The summed E-state index contributed by atoms with van der Waals surface area (Å²) in [6, 6.07) is 6.49. The molecular formula is C17H16ClN5O3. The Morgan fingerprint density at radius 2 is 2.15 bits per heavy atom. The highest BCUT2D eigenvalue weighted by Crippen LogP contribution is 2.46. The van der Waals surface area contributed by atoms with E-state index in [1.807, 2.05) is 20.8 Å². The van der Waals surface area contributed by atoms with Gasteiger partial charge in [0.1, 0.15) is 16.7 Å². The number of H-pyrrole nitrogens is 1. The summed E-state index contributed by atoms with van der Waals surface area (Å²) >= 11 is 5.93. The maximum Gasteiger partial charge on any atom is 0.288 e. The molecule has 26 heavy (non-hydrogen) atoms. The van der Waals surface area contributed by atoms with E-state index in [-0.39, 0.29) is 33.5 Å². The SMILES string of the molecule is CC(C)(C)c1[nH]nc2c1[C@@H](c1ccc(Cl)c([N+](=O)[O-])c1)C(C#N)=C(N)O2. The first-order valence-electron chi connectivity index (χ1n) is 7.75. The number of nitriles is 1. The summed E-state index contributed by atoms with van der Waals surface area (Å²) in [5.41, 5.74) is 7.41. The fourth-order valence-electron chi connectivity index (χ4n) is 3.00. The molecule has 0 aliphatic carbocycles. The molecule has 1 aromatic carbocycles. The van der Waals surface area contributed by atoms with Crippen LogP contribution >= 0.6 is 11.6 Å². The van der Waals surface area contributed by atoms with Crippen molar-refractivity contribution in [3.63, 3.8) is 0 Å². The molecule has 9 heteroatoms. The van der Waals surface area contributed by atoms with E-state index in [9.17, 15) is 15.4 Å². The van der Waals surface area contributed by atoms with E-state index in [0.29, 0.717) is 11.1 Å². The lowest BCUT2D eigenvalue weighted by Crippen LogP contribution is -2.24. The van der Waals surface area contributed by atoms with Crippen molar-refractivity contribution in [3.8, 4) is 11.9 Å². The van der Waals surface area contributed by atoms with Crippen LogP contribution in [-0.2, 0) is 5.41 Å². The number of allylic oxidation sites excluding steroid dienone is 1. The van der Waals surface area contributed by atoms with Crippen LogP contribution in [0.5, 0.6) is 5.88 Å². The van der Waals surface area contributed by atoms with Crippen LogP contribution in [0.4, 0.5) is 5.69 Å². The van der Waals surface area contributed by atoms with Crippen LogP contribution in [0.3, 0.4) is 0 Å². The predicted octanol–water partition coefficient (Wildman–Crippen LogP) is 3.49. The number of aromatic amines is 1. The Hall–Kier alpha value is -3.05. The number of nitrogens with two attached hydrogens (primary N) is 1. The fraction of sp³-hybridized carbons (Fsp3) is 0.294. The Balaban J connectivity index is 2.30. The normalized spacial score (nSPS) is 16.7. The largest absolute Gasteiger partial charge is 0.420 e. The third-order valence-electron chi connectivity index (χ3n) is 4.19. The van der Waals surface area contributed by atoms with Crippen molar-refractivity contribution in [2.75, 3.05) is 0 Å². The second-order valence-corrected chi connectivity index (χ2v) is 7.37. The summed E-state index contributed by atoms with van der Waals surface area (Å²) < 4.78 is 5.50. The van der Waals surface area contributed by atoms with Crippen molar-refractivity contribution in [3.05, 3.63) is 61.6 Å². The number of halogens is 1. The van der Waals surface area contributed by atoms with Gasteiger partial charge in [0.2, 0.25) is 11.8 Å². The minimum absolute atomic E-state index is 0.0183. The van der Waals surface area contributed by atoms with Crippen LogP contribution in [-0.4, -0.2) is 15.1 Å². The summed E-state index contributed by atoms with van der Waals surface area (Å²) in [5.74, 6) is -0.462. The van der Waals surface area contributed by atoms with Gasteiger partial charge in [-0.1, -0.05) is 38.4 Å². The standard InChI is InChI=1S/C17H16ClN5O3/c1-17(2,3)14-13-12(8-4-5-10(18)11(6-8)23(24)25)9(7-19)15(20)26-16(13)22-21-14/h4-6,12H,20H2,1-3H3,(H,21,22)/t12-/m0/s1. The average molecular weight is 374 g/mol. The maximum atomic E-state index is 11.3. The minimum atomic E-state index is -0.646. The topological polar surface area (TPSA) is 131 Å². The highest BCUT2D eigenvalue weighted by Gasteiger charge is 2.38. The second-order valence-electron chi connectivity index (χ2n) is 6.96. The van der Waals surface area contributed by atoms with Gasteiger partial charge in [-0.05, 0) is 11.6 Å². The Morgan fingerprint density at radius 3 is 2.73 bits per heavy atom. The number of nitrogens with zero attached hydrogens (tertiary/aromatic N) is 3. The number of nitro benzene ring substituents is 1. The molecule has 0 saturated heterocycles. The number of benzene rings is 1. The smallest absolute Gasteiger partial charge is 0.288 e. The van der Waals surface area contributed by atoms with Crippen molar-refractivity contribution in [2.45, 2.75) is 32.1 Å². The fourth-order valence-corrected chi connectivity index (χ4v) is 3.19. The number of hydrogen-bond acceptors (Lipinski definition) is 6. The van der Waals surface area contributed by atoms with Crippen molar-refractivity contribution in [1.29, 1.82) is 5.26 Å². The highest BCUT2D eigenvalue weighted by atomic mass is 35.5. The van der Waals surface area contributed by atoms with Crippen LogP contribution in [0, 0.1) is 21.4 Å². The van der Waals surface area contributed by atoms with Gasteiger partial charge < -0.3 is 10.5 Å². The number of hydrogen-bond donors (Lipinski definition) is 2. The molecule has 134 valence electrons. The van der Waals surface area contributed by atoms with Crippen LogP contribution in [0.15, 0.2) is 29.7 Å². The molecule has 0 spiro atoms. The maximum absolute atomic E-state index is 11.3. The quantitative estimate of drug-likeness (QED) is 0.611. The van der Waals surface area contributed by atoms with E-state index in [0.717, 1.165) is 5.69 Å². The van der Waals surface area contributed by atoms with Crippen LogP contribution in [0.1, 0.15) is 43.5 Å². The van der Waals surface area contributed by atoms with E-state index in [2.05, 4.69) is 16.3 Å². The minimum Gasteiger partial charge on any atom is -0.420 e. The predicted molar refractivity (Wildman–Crippen MR) is 94.7 cm³/mol. The van der Waals surface area contributed by atoms with Gasteiger partial charge in [-0.15, -0.1) is 5.10 Å². The third-order valence-corrected chi connectivity index (χ3v) is 4.51. The van der Waals surface area contributed by atoms with Crippen molar-refractivity contribution < 1.29 is 9.66 Å². The monoisotopic (exact) mass is 373 g/mol. The summed E-state index contributed by atoms with van der Waals surface area (Å²) in [5, 5.41) is 28.0. The van der Waals surface area contributed by atoms with E-state index < -0.39 is 10.8 Å². The Kier molecular flexibility index (Phi) is 4.12. The van der Waals surface area contributed by atoms with E-state index in [1.54, 1.807) is 6.07 Å². The zero-order valence-electron chi connectivity index (χ0n) is 14.3. The van der Waals surface area contributed by atoms with Gasteiger partial charge in [0.15, 0.2) is 0 Å². The van der Waals surface area contributed by atoms with Gasteiger partial charge in [0.05, 0.1) is 16.4 Å². The molecule has 1 aliphatic rings. The average Bonchev–Trinajstić information content (AvgIpc) is 2.97. The van der Waals surface area contributed by atoms with E-state index >= 15 is 0 Å². The molecule has 1 atom stereocenters. The molecule has 8 nitrogen and oxygen atoms in total. The van der Waals surface area contributed by atoms with E-state index in [1.165, 1.54) is 12.1 Å². The third kappa shape index (κ3) is 2.76. The van der Waals surface area contributed by atoms with Crippen LogP contribution in [0.2, 0.25) is 5.02 Å². The van der Waals surface area contributed by atoms with Gasteiger partial charge in [-0.25, -0.2) is 0 Å². The van der Waals surface area contributed by atoms with Crippen LogP contribution in [0.25, 0.3) is 0 Å². The number of fused-ring (bicyclic) bond motifs is 1. The second kappa shape index (κ2) is 6.04. The zero-order valence-corrected chi connectivity index (χ0v) is 15.1. The molecule has 0 bridgehead atoms. The summed E-state index contributed by atoms with van der Waals surface area (Å²) in [6.07, 6.45) is 0. The number of aromatic nitrogens is 2. The van der Waals surface area contributed by atoms with Gasteiger partial charge >= 0.3 is 0 Å². The van der Waals surface area contributed by atoms with Gasteiger partial charge in [-0.2, -0.15) is 5.26 Å². The Morgan fingerprint density at radius 1 is 1.46 bits per heavy atom. The lowest BCUT2D eigenvalue weighted by atomic mass is 9.79. The molecule has 0 radical (unpaired) electrons. The van der Waals surface area contributed by atoms with Crippen molar-refractivity contribution in [2.24, 2.45) is 5.73 Å². The summed E-state index contributed by atoms with van der Waals surface area (Å²) in [4.78, 5) is 10.7. The molecule has 1 aromatic heterocycles. The van der Waals surface area contributed by atoms with Crippen molar-refractivity contribution >= 4 is 17.3 Å². The highest BCUT2D eigenvalue weighted by molar-refractivity contribution is 6.32. The molecule has 1 aliphatic heterocycles. The summed E-state index contributed by atoms with van der Waals surface area (Å²) in [6.45, 7) is 5.95. The molecule has 2 aromatic rings. The first kappa shape index (κ1) is 17.8. The molecule has 3 rings (SSSR count). The lowest BCUT2D eigenvalue weighted by molar-refractivity contribution is -0.384. The van der Waals surface area contributed by atoms with Gasteiger partial charge in [0, 0.05) is 17.2 Å². The molecule has 0 saturated carbocycles. The number of nitro groups is 1. The number of ether oxygens (including phenoxy) is 1. The number of rotatable bonds is 2. The molecule has 0 amide bonds. The van der Waals surface area contributed by atoms with Gasteiger partial charge in [-0.3, -0.25) is 15.2 Å². The molecular weight excluding hydrogens is 358 g/mol. The molecule has 2 heterocycles. The zero-order chi connectivity index (χ0) is 19.2. The molecule has 0 unspecified atom stereocenters. The van der Waals surface area contributed by atoms with Gasteiger partial charge in [0.25, 0.3) is 5.69 Å².